The molecular weight excluding hydrogens is 375 g/mol. The SMILES string of the molecule is CC(C)(C)Oc1ccc(Oc2ccc(F)cc2C(=O)NC2CCNC(=O)C2)cc1. The van der Waals surface area contributed by atoms with Crippen molar-refractivity contribution in [1.82, 2.24) is 10.6 Å². The molecule has 0 aromatic heterocycles. The van der Waals surface area contributed by atoms with Crippen LogP contribution in [0.5, 0.6) is 17.2 Å². The summed E-state index contributed by atoms with van der Waals surface area (Å²) in [5, 5.41) is 5.50. The van der Waals surface area contributed by atoms with Crippen molar-refractivity contribution in [3.05, 3.63) is 53.8 Å². The Morgan fingerprint density at radius 2 is 1.83 bits per heavy atom. The van der Waals surface area contributed by atoms with Crippen LogP contribution in [0.3, 0.4) is 0 Å². The molecule has 1 saturated heterocycles. The van der Waals surface area contributed by atoms with Gasteiger partial charge in [0.1, 0.15) is 28.7 Å². The van der Waals surface area contributed by atoms with E-state index in [2.05, 4.69) is 10.6 Å². The average Bonchev–Trinajstić information content (AvgIpc) is 2.63. The summed E-state index contributed by atoms with van der Waals surface area (Å²) in [5.74, 6) is 0.273. The van der Waals surface area contributed by atoms with Crippen LogP contribution in [0.25, 0.3) is 0 Å². The summed E-state index contributed by atoms with van der Waals surface area (Å²) in [7, 11) is 0. The Bertz CT molecular complexity index is 891. The van der Waals surface area contributed by atoms with E-state index in [0.717, 1.165) is 6.07 Å². The topological polar surface area (TPSA) is 76.7 Å². The molecule has 0 bridgehead atoms. The Labute approximate surface area is 169 Å². The molecule has 2 aromatic carbocycles. The highest BCUT2D eigenvalue weighted by atomic mass is 19.1. The van der Waals surface area contributed by atoms with Gasteiger partial charge in [-0.2, -0.15) is 0 Å². The second-order valence-electron chi connectivity index (χ2n) is 7.94. The molecule has 154 valence electrons. The molecule has 6 nitrogen and oxygen atoms in total. The van der Waals surface area contributed by atoms with Gasteiger partial charge < -0.3 is 20.1 Å². The second-order valence-corrected chi connectivity index (χ2v) is 7.94. The number of carbonyl (C=O) groups is 2. The third kappa shape index (κ3) is 5.94. The summed E-state index contributed by atoms with van der Waals surface area (Å²) in [6.45, 7) is 6.36. The summed E-state index contributed by atoms with van der Waals surface area (Å²) in [6, 6.07) is 10.5. The van der Waals surface area contributed by atoms with E-state index in [1.54, 1.807) is 24.3 Å². The number of carbonyl (C=O) groups excluding carboxylic acids is 2. The highest BCUT2D eigenvalue weighted by Crippen LogP contribution is 2.29. The van der Waals surface area contributed by atoms with E-state index >= 15 is 0 Å². The molecule has 1 heterocycles. The lowest BCUT2D eigenvalue weighted by Crippen LogP contribution is -2.45. The predicted molar refractivity (Wildman–Crippen MR) is 107 cm³/mol. The molecule has 0 radical (unpaired) electrons. The maximum absolute atomic E-state index is 13.8. The van der Waals surface area contributed by atoms with Crippen LogP contribution in [-0.4, -0.2) is 30.0 Å². The first-order valence-electron chi connectivity index (χ1n) is 9.54. The fraction of sp³-hybridized carbons (Fsp3) is 0.364. The number of amides is 2. The fourth-order valence-corrected chi connectivity index (χ4v) is 3.00. The zero-order valence-corrected chi connectivity index (χ0v) is 16.8. The van der Waals surface area contributed by atoms with E-state index in [4.69, 9.17) is 9.47 Å². The van der Waals surface area contributed by atoms with Gasteiger partial charge >= 0.3 is 0 Å². The lowest BCUT2D eigenvalue weighted by Gasteiger charge is -2.23. The van der Waals surface area contributed by atoms with E-state index < -0.39 is 11.7 Å². The van der Waals surface area contributed by atoms with Gasteiger partial charge in [0.2, 0.25) is 5.91 Å². The van der Waals surface area contributed by atoms with Crippen LogP contribution in [0, 0.1) is 5.82 Å². The molecule has 1 atom stereocenters. The van der Waals surface area contributed by atoms with Gasteiger partial charge in [0, 0.05) is 19.0 Å². The molecule has 1 fully saturated rings. The maximum atomic E-state index is 13.8. The van der Waals surface area contributed by atoms with E-state index in [-0.39, 0.29) is 35.3 Å². The van der Waals surface area contributed by atoms with Gasteiger partial charge in [0.25, 0.3) is 5.91 Å². The Hall–Kier alpha value is -3.09. The van der Waals surface area contributed by atoms with Gasteiger partial charge in [-0.25, -0.2) is 4.39 Å². The number of benzene rings is 2. The molecule has 0 aliphatic carbocycles. The first kappa shape index (κ1) is 20.6. The van der Waals surface area contributed by atoms with Crippen molar-refractivity contribution in [3.8, 4) is 17.2 Å². The van der Waals surface area contributed by atoms with E-state index in [1.165, 1.54) is 12.1 Å². The van der Waals surface area contributed by atoms with Gasteiger partial charge in [-0.05, 0) is 69.7 Å². The number of hydrogen-bond donors (Lipinski definition) is 2. The summed E-state index contributed by atoms with van der Waals surface area (Å²) in [5.41, 5.74) is -0.244. The minimum absolute atomic E-state index is 0.0750. The molecule has 2 amide bonds. The molecule has 2 aromatic rings. The van der Waals surface area contributed by atoms with Crippen LogP contribution in [0.2, 0.25) is 0 Å². The first-order chi connectivity index (χ1) is 13.7. The predicted octanol–water partition coefficient (Wildman–Crippen LogP) is 3.80. The normalized spacial score (nSPS) is 16.7. The zero-order valence-electron chi connectivity index (χ0n) is 16.8. The monoisotopic (exact) mass is 400 g/mol. The molecule has 0 spiro atoms. The minimum Gasteiger partial charge on any atom is -0.488 e. The third-order valence-corrected chi connectivity index (χ3v) is 4.24. The van der Waals surface area contributed by atoms with Crippen molar-refractivity contribution in [2.45, 2.75) is 45.3 Å². The quantitative estimate of drug-likeness (QED) is 0.800. The third-order valence-electron chi connectivity index (χ3n) is 4.24. The van der Waals surface area contributed by atoms with Gasteiger partial charge in [-0.15, -0.1) is 0 Å². The molecule has 3 rings (SSSR count). The minimum atomic E-state index is -0.544. The van der Waals surface area contributed by atoms with Crippen LogP contribution in [0.15, 0.2) is 42.5 Å². The molecule has 29 heavy (non-hydrogen) atoms. The summed E-state index contributed by atoms with van der Waals surface area (Å²) >= 11 is 0. The van der Waals surface area contributed by atoms with Crippen molar-refractivity contribution in [2.75, 3.05) is 6.54 Å². The smallest absolute Gasteiger partial charge is 0.255 e. The van der Waals surface area contributed by atoms with Crippen LogP contribution in [0.4, 0.5) is 4.39 Å². The molecule has 1 aliphatic rings. The van der Waals surface area contributed by atoms with Gasteiger partial charge in [0.05, 0.1) is 5.56 Å². The Morgan fingerprint density at radius 1 is 1.14 bits per heavy atom. The Kier molecular flexibility index (Phi) is 6.06. The Balaban J connectivity index is 1.74. The molecular formula is C22H25FN2O4. The van der Waals surface area contributed by atoms with Crippen molar-refractivity contribution in [3.63, 3.8) is 0 Å². The number of rotatable bonds is 5. The van der Waals surface area contributed by atoms with Gasteiger partial charge in [-0.1, -0.05) is 0 Å². The number of ether oxygens (including phenoxy) is 2. The molecule has 7 heteroatoms. The van der Waals surface area contributed by atoms with Crippen molar-refractivity contribution in [1.29, 1.82) is 0 Å². The van der Waals surface area contributed by atoms with Crippen molar-refractivity contribution in [2.24, 2.45) is 0 Å². The Morgan fingerprint density at radius 3 is 2.48 bits per heavy atom. The number of hydrogen-bond acceptors (Lipinski definition) is 4. The van der Waals surface area contributed by atoms with E-state index in [9.17, 15) is 14.0 Å². The molecule has 2 N–H and O–H groups in total. The highest BCUT2D eigenvalue weighted by molar-refractivity contribution is 5.97. The number of nitrogens with one attached hydrogen (secondary N) is 2. The lowest BCUT2D eigenvalue weighted by atomic mass is 10.1. The molecule has 1 aliphatic heterocycles. The standard InChI is InChI=1S/C22H25FN2O4/c1-22(2,3)29-17-7-5-16(6-8-17)28-19-9-4-14(23)12-18(19)21(27)25-15-10-11-24-20(26)13-15/h4-9,12,15H,10-11,13H2,1-3H3,(H,24,26)(H,25,27). The average molecular weight is 400 g/mol. The zero-order chi connectivity index (χ0) is 21.0. The van der Waals surface area contributed by atoms with E-state index in [0.29, 0.717) is 24.5 Å². The summed E-state index contributed by atoms with van der Waals surface area (Å²) in [6.07, 6.45) is 0.824. The highest BCUT2D eigenvalue weighted by Gasteiger charge is 2.23. The second kappa shape index (κ2) is 8.51. The van der Waals surface area contributed by atoms with Gasteiger partial charge in [0.15, 0.2) is 0 Å². The van der Waals surface area contributed by atoms with Crippen LogP contribution < -0.4 is 20.1 Å². The van der Waals surface area contributed by atoms with Crippen LogP contribution in [-0.2, 0) is 4.79 Å². The maximum Gasteiger partial charge on any atom is 0.255 e. The largest absolute Gasteiger partial charge is 0.488 e. The summed E-state index contributed by atoms with van der Waals surface area (Å²) in [4.78, 5) is 24.2. The first-order valence-corrected chi connectivity index (χ1v) is 9.54. The molecule has 0 saturated carbocycles. The lowest BCUT2D eigenvalue weighted by molar-refractivity contribution is -0.122. The van der Waals surface area contributed by atoms with Crippen LogP contribution in [0.1, 0.15) is 44.0 Å². The van der Waals surface area contributed by atoms with E-state index in [1.807, 2.05) is 20.8 Å². The van der Waals surface area contributed by atoms with Gasteiger partial charge in [-0.3, -0.25) is 9.59 Å². The fourth-order valence-electron chi connectivity index (χ4n) is 3.00. The molecule has 1 unspecified atom stereocenters. The van der Waals surface area contributed by atoms with Crippen molar-refractivity contribution < 1.29 is 23.5 Å². The van der Waals surface area contributed by atoms with Crippen LogP contribution >= 0.6 is 0 Å². The number of piperidine rings is 1. The van der Waals surface area contributed by atoms with Crippen molar-refractivity contribution >= 4 is 11.8 Å². The number of halogens is 1. The summed E-state index contributed by atoms with van der Waals surface area (Å²) < 4.78 is 25.4.